The van der Waals surface area contributed by atoms with E-state index in [2.05, 4.69) is 5.32 Å². The first kappa shape index (κ1) is 22.3. The Morgan fingerprint density at radius 1 is 1.07 bits per heavy atom. The van der Waals surface area contributed by atoms with Crippen LogP contribution in [0.15, 0.2) is 48.5 Å². The first-order chi connectivity index (χ1) is 13.3. The molecule has 6 heteroatoms. The van der Waals surface area contributed by atoms with Crippen molar-refractivity contribution in [3.05, 3.63) is 69.7 Å². The average Bonchev–Trinajstić information content (AvgIpc) is 2.62. The van der Waals surface area contributed by atoms with E-state index in [1.54, 1.807) is 23.1 Å². The third-order valence-electron chi connectivity index (χ3n) is 4.36. The zero-order chi connectivity index (χ0) is 20.7. The highest BCUT2D eigenvalue weighted by Gasteiger charge is 2.29. The third kappa shape index (κ3) is 6.25. The fourth-order valence-electron chi connectivity index (χ4n) is 3.03. The Labute approximate surface area is 176 Å². The SMILES string of the molecule is CC[C@H](C(=O)NC(C)C)N(Cc1ccccc1Cl)C(=O)Cc1cccc(Cl)c1. The zero-order valence-corrected chi connectivity index (χ0v) is 17.9. The van der Waals surface area contributed by atoms with Crippen LogP contribution in [0.25, 0.3) is 0 Å². The Morgan fingerprint density at radius 2 is 1.79 bits per heavy atom. The molecule has 2 aromatic rings. The smallest absolute Gasteiger partial charge is 0.243 e. The Kier molecular flexibility index (Phi) is 8.34. The van der Waals surface area contributed by atoms with Crippen molar-refractivity contribution >= 4 is 35.0 Å². The molecule has 0 aliphatic carbocycles. The molecule has 28 heavy (non-hydrogen) atoms. The first-order valence-corrected chi connectivity index (χ1v) is 10.1. The van der Waals surface area contributed by atoms with Crippen molar-refractivity contribution in [1.82, 2.24) is 10.2 Å². The number of rotatable bonds is 8. The van der Waals surface area contributed by atoms with Crippen molar-refractivity contribution in [3.63, 3.8) is 0 Å². The number of carbonyl (C=O) groups is 2. The molecule has 0 bridgehead atoms. The second-order valence-electron chi connectivity index (χ2n) is 7.01. The molecule has 1 atom stereocenters. The van der Waals surface area contributed by atoms with Crippen molar-refractivity contribution in [1.29, 1.82) is 0 Å². The van der Waals surface area contributed by atoms with E-state index in [-0.39, 0.29) is 30.8 Å². The molecule has 0 radical (unpaired) electrons. The van der Waals surface area contributed by atoms with Gasteiger partial charge in [-0.15, -0.1) is 0 Å². The van der Waals surface area contributed by atoms with Gasteiger partial charge in [0.25, 0.3) is 0 Å². The van der Waals surface area contributed by atoms with E-state index in [0.717, 1.165) is 11.1 Å². The van der Waals surface area contributed by atoms with E-state index >= 15 is 0 Å². The van der Waals surface area contributed by atoms with Crippen molar-refractivity contribution in [2.24, 2.45) is 0 Å². The molecular formula is C22H26Cl2N2O2. The van der Waals surface area contributed by atoms with Crippen LogP contribution in [0, 0.1) is 0 Å². The molecule has 0 heterocycles. The molecule has 2 rings (SSSR count). The molecule has 0 fully saturated rings. The summed E-state index contributed by atoms with van der Waals surface area (Å²) in [4.78, 5) is 27.6. The molecule has 1 N–H and O–H groups in total. The topological polar surface area (TPSA) is 49.4 Å². The largest absolute Gasteiger partial charge is 0.352 e. The maximum atomic E-state index is 13.2. The molecule has 0 saturated heterocycles. The maximum absolute atomic E-state index is 13.2. The van der Waals surface area contributed by atoms with E-state index in [9.17, 15) is 9.59 Å². The van der Waals surface area contributed by atoms with Crippen LogP contribution in [-0.2, 0) is 22.6 Å². The Morgan fingerprint density at radius 3 is 2.39 bits per heavy atom. The molecular weight excluding hydrogens is 395 g/mol. The summed E-state index contributed by atoms with van der Waals surface area (Å²) in [5.74, 6) is -0.308. The van der Waals surface area contributed by atoms with Crippen LogP contribution in [0.3, 0.4) is 0 Å². The van der Waals surface area contributed by atoms with Crippen LogP contribution < -0.4 is 5.32 Å². The molecule has 0 aromatic heterocycles. The highest BCUT2D eigenvalue weighted by atomic mass is 35.5. The van der Waals surface area contributed by atoms with Gasteiger partial charge in [0.05, 0.1) is 6.42 Å². The number of amides is 2. The van der Waals surface area contributed by atoms with Gasteiger partial charge in [-0.25, -0.2) is 0 Å². The summed E-state index contributed by atoms with van der Waals surface area (Å²) >= 11 is 12.4. The summed E-state index contributed by atoms with van der Waals surface area (Å²) in [6.45, 7) is 5.97. The predicted octanol–water partition coefficient (Wildman–Crippen LogP) is 4.87. The van der Waals surface area contributed by atoms with Crippen molar-refractivity contribution < 1.29 is 9.59 Å². The predicted molar refractivity (Wildman–Crippen MR) is 115 cm³/mol. The van der Waals surface area contributed by atoms with Crippen LogP contribution in [0.2, 0.25) is 10.0 Å². The minimum absolute atomic E-state index is 0.00764. The summed E-state index contributed by atoms with van der Waals surface area (Å²) in [5, 5.41) is 4.06. The minimum atomic E-state index is -0.578. The van der Waals surface area contributed by atoms with Crippen LogP contribution in [0.4, 0.5) is 0 Å². The molecule has 0 saturated carbocycles. The fraction of sp³-hybridized carbons (Fsp3) is 0.364. The Hall–Kier alpha value is -2.04. The molecule has 2 amide bonds. The van der Waals surface area contributed by atoms with Gasteiger partial charge < -0.3 is 10.2 Å². The Bertz CT molecular complexity index is 824. The lowest BCUT2D eigenvalue weighted by Gasteiger charge is -2.31. The van der Waals surface area contributed by atoms with Crippen LogP contribution in [-0.4, -0.2) is 28.8 Å². The van der Waals surface area contributed by atoms with Gasteiger partial charge in [0.2, 0.25) is 11.8 Å². The van der Waals surface area contributed by atoms with Gasteiger partial charge in [0, 0.05) is 22.6 Å². The van der Waals surface area contributed by atoms with E-state index < -0.39 is 6.04 Å². The Balaban J connectivity index is 2.32. The number of hydrogen-bond donors (Lipinski definition) is 1. The first-order valence-electron chi connectivity index (χ1n) is 9.39. The van der Waals surface area contributed by atoms with Gasteiger partial charge >= 0.3 is 0 Å². The maximum Gasteiger partial charge on any atom is 0.243 e. The summed E-state index contributed by atoms with van der Waals surface area (Å²) in [7, 11) is 0. The number of nitrogens with one attached hydrogen (secondary N) is 1. The van der Waals surface area contributed by atoms with E-state index in [1.165, 1.54) is 0 Å². The summed E-state index contributed by atoms with van der Waals surface area (Å²) in [5.41, 5.74) is 1.61. The second kappa shape index (κ2) is 10.5. The highest BCUT2D eigenvalue weighted by molar-refractivity contribution is 6.31. The molecule has 0 unspecified atom stereocenters. The lowest BCUT2D eigenvalue weighted by atomic mass is 10.1. The fourth-order valence-corrected chi connectivity index (χ4v) is 3.44. The van der Waals surface area contributed by atoms with E-state index in [4.69, 9.17) is 23.2 Å². The van der Waals surface area contributed by atoms with Gasteiger partial charge in [-0.2, -0.15) is 0 Å². The average molecular weight is 421 g/mol. The number of hydrogen-bond acceptors (Lipinski definition) is 2. The van der Waals surface area contributed by atoms with E-state index in [1.807, 2.05) is 51.1 Å². The quantitative estimate of drug-likeness (QED) is 0.661. The summed E-state index contributed by atoms with van der Waals surface area (Å²) in [6, 6.07) is 14.0. The van der Waals surface area contributed by atoms with Gasteiger partial charge in [-0.05, 0) is 49.6 Å². The number of nitrogens with zero attached hydrogens (tertiary/aromatic N) is 1. The monoisotopic (exact) mass is 420 g/mol. The van der Waals surface area contributed by atoms with Gasteiger partial charge in [0.15, 0.2) is 0 Å². The van der Waals surface area contributed by atoms with E-state index in [0.29, 0.717) is 16.5 Å². The van der Waals surface area contributed by atoms with Crippen molar-refractivity contribution in [2.45, 2.75) is 52.2 Å². The van der Waals surface area contributed by atoms with Crippen LogP contribution in [0.1, 0.15) is 38.3 Å². The van der Waals surface area contributed by atoms with Gasteiger partial charge in [0.1, 0.15) is 6.04 Å². The normalized spacial score (nSPS) is 11.9. The standard InChI is InChI=1S/C22H26Cl2N2O2/c1-4-20(22(28)25-15(2)3)26(14-17-9-5-6-11-19(17)24)21(27)13-16-8-7-10-18(23)12-16/h5-12,15,20H,4,13-14H2,1-3H3,(H,25,28)/t20-/m1/s1. The minimum Gasteiger partial charge on any atom is -0.352 e. The molecule has 4 nitrogen and oxygen atoms in total. The lowest BCUT2D eigenvalue weighted by molar-refractivity contribution is -0.141. The number of halogens is 2. The van der Waals surface area contributed by atoms with Crippen LogP contribution >= 0.6 is 23.2 Å². The van der Waals surface area contributed by atoms with Crippen molar-refractivity contribution in [2.75, 3.05) is 0 Å². The molecule has 0 aliphatic heterocycles. The third-order valence-corrected chi connectivity index (χ3v) is 4.96. The molecule has 2 aromatic carbocycles. The molecule has 0 aliphatic rings. The van der Waals surface area contributed by atoms with Gasteiger partial charge in [-0.3, -0.25) is 9.59 Å². The highest BCUT2D eigenvalue weighted by Crippen LogP contribution is 2.21. The van der Waals surface area contributed by atoms with Crippen molar-refractivity contribution in [3.8, 4) is 0 Å². The molecule has 150 valence electrons. The summed E-state index contributed by atoms with van der Waals surface area (Å²) in [6.07, 6.45) is 0.667. The zero-order valence-electron chi connectivity index (χ0n) is 16.4. The molecule has 0 spiro atoms. The number of carbonyl (C=O) groups excluding carboxylic acids is 2. The van der Waals surface area contributed by atoms with Gasteiger partial charge in [-0.1, -0.05) is 60.5 Å². The summed E-state index contributed by atoms with van der Waals surface area (Å²) < 4.78 is 0. The lowest BCUT2D eigenvalue weighted by Crippen LogP contribution is -2.50. The van der Waals surface area contributed by atoms with Crippen LogP contribution in [0.5, 0.6) is 0 Å². The number of benzene rings is 2. The second-order valence-corrected chi connectivity index (χ2v) is 7.85.